The molecule has 0 spiro atoms. The summed E-state index contributed by atoms with van der Waals surface area (Å²) in [4.78, 5) is 13.9. The summed E-state index contributed by atoms with van der Waals surface area (Å²) in [5.74, 6) is -1.03. The van der Waals surface area contributed by atoms with Crippen molar-refractivity contribution in [3.63, 3.8) is 0 Å². The maximum absolute atomic E-state index is 13.7. The number of rotatable bonds is 3. The fraction of sp³-hybridized carbons (Fsp3) is 0.412. The molecule has 0 aliphatic carbocycles. The number of anilines is 1. The summed E-state index contributed by atoms with van der Waals surface area (Å²) < 4.78 is 46.5. The number of ether oxygens (including phenoxy) is 1. The monoisotopic (exact) mass is 353 g/mol. The van der Waals surface area contributed by atoms with E-state index in [4.69, 9.17) is 4.74 Å². The van der Waals surface area contributed by atoms with Gasteiger partial charge in [0, 0.05) is 24.8 Å². The molecule has 134 valence electrons. The molecule has 25 heavy (non-hydrogen) atoms. The summed E-state index contributed by atoms with van der Waals surface area (Å²) in [7, 11) is 1.90. The highest BCUT2D eigenvalue weighted by molar-refractivity contribution is 5.91. The summed E-state index contributed by atoms with van der Waals surface area (Å²) in [5.41, 5.74) is 0.334. The molecule has 1 aromatic heterocycles. The molecule has 1 aliphatic heterocycles. The minimum atomic E-state index is -4.73. The molecule has 0 atom stereocenters. The molecular formula is C17H18F3N3O2. The second-order valence-corrected chi connectivity index (χ2v) is 5.84. The number of carbonyl (C=O) groups is 1. The van der Waals surface area contributed by atoms with Crippen LogP contribution in [0, 0.1) is 0 Å². The lowest BCUT2D eigenvalue weighted by Gasteiger charge is -2.29. The van der Waals surface area contributed by atoms with Gasteiger partial charge < -0.3 is 9.64 Å². The van der Waals surface area contributed by atoms with Gasteiger partial charge in [-0.1, -0.05) is 6.07 Å². The van der Waals surface area contributed by atoms with Crippen LogP contribution in [0.1, 0.15) is 35.0 Å². The SMILES string of the molecule is CCOC(=O)c1cnn(-c2cccc3c2CCCN3C)c1C(F)(F)F. The number of halogens is 3. The number of benzene rings is 1. The third-order valence-corrected chi connectivity index (χ3v) is 4.22. The van der Waals surface area contributed by atoms with Gasteiger partial charge in [0.2, 0.25) is 0 Å². The maximum atomic E-state index is 13.7. The molecule has 0 saturated heterocycles. The van der Waals surface area contributed by atoms with Crippen LogP contribution in [0.5, 0.6) is 0 Å². The van der Waals surface area contributed by atoms with Crippen LogP contribution in [0.3, 0.4) is 0 Å². The van der Waals surface area contributed by atoms with E-state index in [1.165, 1.54) is 0 Å². The van der Waals surface area contributed by atoms with Gasteiger partial charge in [-0.25, -0.2) is 9.48 Å². The van der Waals surface area contributed by atoms with E-state index in [1.54, 1.807) is 19.1 Å². The molecule has 0 N–H and O–H groups in total. The summed E-state index contributed by atoms with van der Waals surface area (Å²) >= 11 is 0. The highest BCUT2D eigenvalue weighted by Crippen LogP contribution is 2.37. The van der Waals surface area contributed by atoms with Crippen molar-refractivity contribution in [2.45, 2.75) is 25.9 Å². The number of esters is 1. The molecule has 1 aliphatic rings. The van der Waals surface area contributed by atoms with E-state index in [1.807, 2.05) is 18.0 Å². The first-order chi connectivity index (χ1) is 11.8. The average Bonchev–Trinajstić information content (AvgIpc) is 3.00. The van der Waals surface area contributed by atoms with Gasteiger partial charge >= 0.3 is 12.1 Å². The second-order valence-electron chi connectivity index (χ2n) is 5.84. The first kappa shape index (κ1) is 17.3. The fourth-order valence-corrected chi connectivity index (χ4v) is 3.15. The molecular weight excluding hydrogens is 335 g/mol. The highest BCUT2D eigenvalue weighted by Gasteiger charge is 2.41. The molecule has 5 nitrogen and oxygen atoms in total. The van der Waals surface area contributed by atoms with Crippen molar-refractivity contribution in [3.05, 3.63) is 41.2 Å². The summed E-state index contributed by atoms with van der Waals surface area (Å²) in [6.07, 6.45) is -2.32. The molecule has 2 heterocycles. The Hall–Kier alpha value is -2.51. The molecule has 0 saturated carbocycles. The Morgan fingerprint density at radius 1 is 1.32 bits per heavy atom. The Labute approximate surface area is 143 Å². The van der Waals surface area contributed by atoms with E-state index in [2.05, 4.69) is 5.10 Å². The number of fused-ring (bicyclic) bond motifs is 1. The Balaban J connectivity index is 2.19. The molecule has 0 amide bonds. The minimum absolute atomic E-state index is 0.00710. The van der Waals surface area contributed by atoms with Gasteiger partial charge in [-0.15, -0.1) is 0 Å². The lowest BCUT2D eigenvalue weighted by Crippen LogP contribution is -2.26. The number of hydrogen-bond acceptors (Lipinski definition) is 4. The lowest BCUT2D eigenvalue weighted by atomic mass is 10.00. The summed E-state index contributed by atoms with van der Waals surface area (Å²) in [6.45, 7) is 2.38. The Kier molecular flexibility index (Phi) is 4.45. The predicted molar refractivity (Wildman–Crippen MR) is 86.1 cm³/mol. The number of nitrogens with zero attached hydrogens (tertiary/aromatic N) is 3. The average molecular weight is 353 g/mol. The van der Waals surface area contributed by atoms with E-state index >= 15 is 0 Å². The van der Waals surface area contributed by atoms with E-state index < -0.39 is 23.4 Å². The van der Waals surface area contributed by atoms with Gasteiger partial charge in [-0.05, 0) is 31.9 Å². The zero-order valence-electron chi connectivity index (χ0n) is 13.9. The molecule has 3 rings (SSSR count). The van der Waals surface area contributed by atoms with Gasteiger partial charge in [0.15, 0.2) is 5.69 Å². The minimum Gasteiger partial charge on any atom is -0.462 e. The Morgan fingerprint density at radius 3 is 2.72 bits per heavy atom. The summed E-state index contributed by atoms with van der Waals surface area (Å²) in [6, 6.07) is 5.16. The van der Waals surface area contributed by atoms with Crippen molar-refractivity contribution >= 4 is 11.7 Å². The lowest BCUT2D eigenvalue weighted by molar-refractivity contribution is -0.143. The number of carbonyl (C=O) groups excluding carboxylic acids is 1. The van der Waals surface area contributed by atoms with E-state index in [0.29, 0.717) is 12.1 Å². The van der Waals surface area contributed by atoms with Crippen molar-refractivity contribution in [1.29, 1.82) is 0 Å². The molecule has 0 radical (unpaired) electrons. The normalized spacial score (nSPS) is 14.4. The number of aromatic nitrogens is 2. The van der Waals surface area contributed by atoms with Gasteiger partial charge in [0.25, 0.3) is 0 Å². The van der Waals surface area contributed by atoms with E-state index in [0.717, 1.165) is 35.1 Å². The quantitative estimate of drug-likeness (QED) is 0.793. The van der Waals surface area contributed by atoms with Crippen LogP contribution >= 0.6 is 0 Å². The predicted octanol–water partition coefficient (Wildman–Crippen LogP) is 3.45. The largest absolute Gasteiger partial charge is 0.462 e. The van der Waals surface area contributed by atoms with Crippen molar-refractivity contribution in [3.8, 4) is 5.69 Å². The third kappa shape index (κ3) is 3.08. The van der Waals surface area contributed by atoms with Crippen LogP contribution in [-0.2, 0) is 17.3 Å². The van der Waals surface area contributed by atoms with Crippen LogP contribution < -0.4 is 4.90 Å². The van der Waals surface area contributed by atoms with Crippen LogP contribution in [0.2, 0.25) is 0 Å². The molecule has 0 fully saturated rings. The Morgan fingerprint density at radius 2 is 2.04 bits per heavy atom. The van der Waals surface area contributed by atoms with Gasteiger partial charge in [-0.3, -0.25) is 0 Å². The van der Waals surface area contributed by atoms with Crippen molar-refractivity contribution in [1.82, 2.24) is 9.78 Å². The van der Waals surface area contributed by atoms with Crippen molar-refractivity contribution in [2.24, 2.45) is 0 Å². The third-order valence-electron chi connectivity index (χ3n) is 4.22. The highest BCUT2D eigenvalue weighted by atomic mass is 19.4. The van der Waals surface area contributed by atoms with Crippen LogP contribution in [-0.4, -0.2) is 35.9 Å². The molecule has 0 bridgehead atoms. The zero-order chi connectivity index (χ0) is 18.2. The van der Waals surface area contributed by atoms with Gasteiger partial charge in [0.1, 0.15) is 5.56 Å². The molecule has 2 aromatic rings. The molecule has 1 aromatic carbocycles. The fourth-order valence-electron chi connectivity index (χ4n) is 3.15. The first-order valence-electron chi connectivity index (χ1n) is 8.00. The Bertz CT molecular complexity index is 799. The van der Waals surface area contributed by atoms with Crippen molar-refractivity contribution < 1.29 is 22.7 Å². The standard InChI is InChI=1S/C17H18F3N3O2/c1-3-25-16(24)12-10-21-23(15(12)17(18,19)20)14-8-4-7-13-11(14)6-5-9-22(13)2/h4,7-8,10H,3,5-6,9H2,1-2H3. The van der Waals surface area contributed by atoms with E-state index in [9.17, 15) is 18.0 Å². The molecule has 8 heteroatoms. The van der Waals surface area contributed by atoms with Crippen LogP contribution in [0.15, 0.2) is 24.4 Å². The smallest absolute Gasteiger partial charge is 0.434 e. The zero-order valence-corrected chi connectivity index (χ0v) is 13.9. The molecule has 0 unspecified atom stereocenters. The topological polar surface area (TPSA) is 47.4 Å². The number of hydrogen-bond donors (Lipinski definition) is 0. The van der Waals surface area contributed by atoms with Crippen molar-refractivity contribution in [2.75, 3.05) is 25.1 Å². The van der Waals surface area contributed by atoms with Crippen LogP contribution in [0.4, 0.5) is 18.9 Å². The maximum Gasteiger partial charge on any atom is 0.434 e. The van der Waals surface area contributed by atoms with Gasteiger partial charge in [-0.2, -0.15) is 18.3 Å². The van der Waals surface area contributed by atoms with Crippen LogP contribution in [0.25, 0.3) is 5.69 Å². The summed E-state index contributed by atoms with van der Waals surface area (Å²) in [5, 5.41) is 3.87. The second kappa shape index (κ2) is 6.42. The van der Waals surface area contributed by atoms with E-state index in [-0.39, 0.29) is 6.61 Å². The van der Waals surface area contributed by atoms with Gasteiger partial charge in [0.05, 0.1) is 18.5 Å². The first-order valence-corrected chi connectivity index (χ1v) is 8.00. The number of alkyl halides is 3.